The van der Waals surface area contributed by atoms with Crippen molar-refractivity contribution >= 4 is 12.0 Å². The van der Waals surface area contributed by atoms with Crippen LogP contribution in [0.25, 0.3) is 0 Å². The largest absolute Gasteiger partial charge is 0.440 e. The summed E-state index contributed by atoms with van der Waals surface area (Å²) >= 11 is 0. The van der Waals surface area contributed by atoms with Crippen molar-refractivity contribution in [3.63, 3.8) is 0 Å². The molecule has 4 saturated carbocycles. The number of alkyl halides is 3. The van der Waals surface area contributed by atoms with Crippen LogP contribution >= 0.6 is 0 Å². The Labute approximate surface area is 166 Å². The van der Waals surface area contributed by atoms with E-state index >= 15 is 0 Å². The molecular formula is C20H24F3N3O3. The maximum atomic E-state index is 12.8. The van der Waals surface area contributed by atoms with Crippen LogP contribution in [0.4, 0.5) is 18.0 Å². The Bertz CT molecular complexity index is 813. The summed E-state index contributed by atoms with van der Waals surface area (Å²) in [4.78, 5) is 29.1. The summed E-state index contributed by atoms with van der Waals surface area (Å²) in [5, 5.41) is 5.86. The average Bonchev–Trinajstić information content (AvgIpc) is 2.57. The molecule has 158 valence electrons. The Balaban J connectivity index is 1.48. The Morgan fingerprint density at radius 3 is 2.34 bits per heavy atom. The zero-order valence-corrected chi connectivity index (χ0v) is 16.1. The van der Waals surface area contributed by atoms with Gasteiger partial charge in [0.2, 0.25) is 0 Å². The molecule has 1 aromatic rings. The minimum absolute atomic E-state index is 0.259. The third-order valence-corrected chi connectivity index (χ3v) is 6.29. The summed E-state index contributed by atoms with van der Waals surface area (Å²) in [6.45, 7) is 0.204. The van der Waals surface area contributed by atoms with Crippen LogP contribution in [0, 0.1) is 18.8 Å². The number of halogens is 3. The lowest BCUT2D eigenvalue weighted by atomic mass is 9.50. The van der Waals surface area contributed by atoms with Crippen LogP contribution in [-0.4, -0.2) is 40.8 Å². The van der Waals surface area contributed by atoms with Crippen LogP contribution in [0.3, 0.4) is 0 Å². The molecule has 2 amide bonds. The number of carbonyl (C=O) groups is 2. The zero-order valence-electron chi connectivity index (χ0n) is 16.1. The summed E-state index contributed by atoms with van der Waals surface area (Å²) < 4.78 is 41.4. The molecule has 9 heteroatoms. The van der Waals surface area contributed by atoms with Gasteiger partial charge in [-0.2, -0.15) is 13.2 Å². The highest BCUT2D eigenvalue weighted by atomic mass is 19.4. The third kappa shape index (κ3) is 4.33. The Morgan fingerprint density at radius 1 is 1.14 bits per heavy atom. The molecule has 6 nitrogen and oxygen atoms in total. The molecule has 4 aliphatic carbocycles. The van der Waals surface area contributed by atoms with E-state index in [-0.39, 0.29) is 5.91 Å². The molecular weight excluding hydrogens is 387 g/mol. The van der Waals surface area contributed by atoms with Crippen molar-refractivity contribution in [3.05, 3.63) is 29.6 Å². The molecule has 0 saturated heterocycles. The first kappa shape index (κ1) is 20.0. The van der Waals surface area contributed by atoms with Gasteiger partial charge in [-0.1, -0.05) is 6.07 Å². The molecule has 4 fully saturated rings. The van der Waals surface area contributed by atoms with E-state index in [1.165, 1.54) is 0 Å². The fourth-order valence-electron chi connectivity index (χ4n) is 5.93. The van der Waals surface area contributed by atoms with Crippen LogP contribution in [0.5, 0.6) is 0 Å². The van der Waals surface area contributed by atoms with E-state index in [4.69, 9.17) is 0 Å². The maximum Gasteiger partial charge on any atom is 0.422 e. The molecule has 4 bridgehead atoms. The maximum absolute atomic E-state index is 12.8. The second-order valence-electron chi connectivity index (χ2n) is 8.96. The molecule has 29 heavy (non-hydrogen) atoms. The number of carbonyl (C=O) groups excluding carboxylic acids is 2. The van der Waals surface area contributed by atoms with Gasteiger partial charge < -0.3 is 15.4 Å². The first-order chi connectivity index (χ1) is 13.6. The van der Waals surface area contributed by atoms with Crippen molar-refractivity contribution in [1.29, 1.82) is 0 Å². The molecule has 0 spiro atoms. The fraction of sp³-hybridized carbons (Fsp3) is 0.650. The van der Waals surface area contributed by atoms with Gasteiger partial charge in [0.1, 0.15) is 5.69 Å². The molecule has 2 N–H and O–H groups in total. The quantitative estimate of drug-likeness (QED) is 0.795. The number of nitrogens with one attached hydrogen (secondary N) is 2. The number of amides is 2. The number of aromatic nitrogens is 1. The van der Waals surface area contributed by atoms with Gasteiger partial charge in [0.25, 0.3) is 5.91 Å². The number of hydrogen-bond donors (Lipinski definition) is 2. The Hall–Kier alpha value is -2.32. The van der Waals surface area contributed by atoms with Crippen LogP contribution < -0.4 is 10.6 Å². The molecule has 2 unspecified atom stereocenters. The van der Waals surface area contributed by atoms with E-state index in [1.807, 2.05) is 13.0 Å². The van der Waals surface area contributed by atoms with Crippen molar-refractivity contribution in [2.24, 2.45) is 11.8 Å². The molecule has 0 aliphatic heterocycles. The third-order valence-electron chi connectivity index (χ3n) is 6.29. The van der Waals surface area contributed by atoms with Gasteiger partial charge >= 0.3 is 12.3 Å². The first-order valence-electron chi connectivity index (χ1n) is 9.83. The standard InChI is InChI=1S/C20H24F3N3O3/c1-12-3-2-4-15(24-12)16(27)25-18-6-13-5-14(7-18)9-19(8-13,10-18)26-17(28)29-11-20(21,22)23/h2-4,13-14H,5-11H2,1H3,(H,25,27)(H,26,28). The number of aryl methyl sites for hydroxylation is 1. The SMILES string of the molecule is Cc1cccc(C(=O)NC23CC4CC(CC(NC(=O)OCC(F)(F)F)(C4)C2)C3)n1. The van der Waals surface area contributed by atoms with E-state index in [9.17, 15) is 22.8 Å². The van der Waals surface area contributed by atoms with Crippen molar-refractivity contribution in [1.82, 2.24) is 15.6 Å². The number of hydrogen-bond acceptors (Lipinski definition) is 4. The van der Waals surface area contributed by atoms with Crippen molar-refractivity contribution < 1.29 is 27.5 Å². The Kier molecular flexibility index (Phi) is 4.74. The number of ether oxygens (including phenoxy) is 1. The Morgan fingerprint density at radius 2 is 1.76 bits per heavy atom. The molecule has 1 aromatic heterocycles. The average molecular weight is 411 g/mol. The van der Waals surface area contributed by atoms with Gasteiger partial charge in [-0.25, -0.2) is 9.78 Å². The lowest BCUT2D eigenvalue weighted by Gasteiger charge is -2.62. The van der Waals surface area contributed by atoms with E-state index < -0.39 is 30.0 Å². The van der Waals surface area contributed by atoms with Gasteiger partial charge in [-0.15, -0.1) is 0 Å². The lowest BCUT2D eigenvalue weighted by molar-refractivity contribution is -0.161. The van der Waals surface area contributed by atoms with Gasteiger partial charge in [-0.05, 0) is 69.4 Å². The second-order valence-corrected chi connectivity index (χ2v) is 8.96. The predicted molar refractivity (Wildman–Crippen MR) is 97.1 cm³/mol. The predicted octanol–water partition coefficient (Wildman–Crippen LogP) is 3.50. The fourth-order valence-corrected chi connectivity index (χ4v) is 5.93. The number of rotatable bonds is 4. The minimum Gasteiger partial charge on any atom is -0.440 e. The van der Waals surface area contributed by atoms with E-state index in [0.29, 0.717) is 36.8 Å². The smallest absolute Gasteiger partial charge is 0.422 e. The van der Waals surface area contributed by atoms with Crippen LogP contribution in [0.15, 0.2) is 18.2 Å². The van der Waals surface area contributed by atoms with Crippen molar-refractivity contribution in [2.75, 3.05) is 6.61 Å². The van der Waals surface area contributed by atoms with Gasteiger partial charge in [-0.3, -0.25) is 4.79 Å². The highest BCUT2D eigenvalue weighted by Gasteiger charge is 2.59. The zero-order chi connectivity index (χ0) is 20.9. The first-order valence-corrected chi connectivity index (χ1v) is 9.83. The molecule has 0 radical (unpaired) electrons. The van der Waals surface area contributed by atoms with Gasteiger partial charge in [0.15, 0.2) is 6.61 Å². The van der Waals surface area contributed by atoms with Crippen LogP contribution in [0.2, 0.25) is 0 Å². The highest BCUT2D eigenvalue weighted by molar-refractivity contribution is 5.92. The highest BCUT2D eigenvalue weighted by Crippen LogP contribution is 2.57. The van der Waals surface area contributed by atoms with Gasteiger partial charge in [0.05, 0.1) is 0 Å². The van der Waals surface area contributed by atoms with Crippen LogP contribution in [0.1, 0.15) is 54.7 Å². The van der Waals surface area contributed by atoms with Gasteiger partial charge in [0, 0.05) is 16.8 Å². The molecule has 0 aromatic carbocycles. The lowest BCUT2D eigenvalue weighted by Crippen LogP contribution is -2.70. The van der Waals surface area contributed by atoms with E-state index in [2.05, 4.69) is 20.4 Å². The van der Waals surface area contributed by atoms with Crippen LogP contribution in [-0.2, 0) is 4.74 Å². The molecule has 5 rings (SSSR count). The molecule has 2 atom stereocenters. The van der Waals surface area contributed by atoms with E-state index in [1.54, 1.807) is 12.1 Å². The number of alkyl carbamates (subject to hydrolysis) is 1. The summed E-state index contributed by atoms with van der Waals surface area (Å²) in [5.41, 5.74) is -0.0367. The monoisotopic (exact) mass is 411 g/mol. The second kappa shape index (κ2) is 6.88. The number of pyridine rings is 1. The minimum atomic E-state index is -4.56. The summed E-state index contributed by atoms with van der Waals surface area (Å²) in [7, 11) is 0. The topological polar surface area (TPSA) is 80.3 Å². The van der Waals surface area contributed by atoms with E-state index in [0.717, 1.165) is 25.0 Å². The summed E-state index contributed by atoms with van der Waals surface area (Å²) in [5.74, 6) is 0.361. The molecule has 4 aliphatic rings. The van der Waals surface area contributed by atoms with Crippen molar-refractivity contribution in [2.45, 2.75) is 62.7 Å². The normalized spacial score (nSPS) is 32.7. The number of nitrogens with zero attached hydrogens (tertiary/aromatic N) is 1. The summed E-state index contributed by atoms with van der Waals surface area (Å²) in [6, 6.07) is 5.25. The van der Waals surface area contributed by atoms with Crippen molar-refractivity contribution in [3.8, 4) is 0 Å². The summed E-state index contributed by atoms with van der Waals surface area (Å²) in [6.07, 6.45) is -1.09. The molecule has 1 heterocycles.